The number of carboxylic acids is 1. The molecule has 0 heterocycles. The number of carboxylic acid groups (broad SMARTS) is 1. The summed E-state index contributed by atoms with van der Waals surface area (Å²) in [6.07, 6.45) is 0.142. The molecule has 0 aliphatic carbocycles. The van der Waals surface area contributed by atoms with Crippen molar-refractivity contribution in [2.24, 2.45) is 5.92 Å². The van der Waals surface area contributed by atoms with Gasteiger partial charge in [-0.25, -0.2) is 0 Å². The maximum Gasteiger partial charge on any atom is 0.309 e. The molecule has 0 radical (unpaired) electrons. The molecule has 0 spiro atoms. The van der Waals surface area contributed by atoms with E-state index in [4.69, 9.17) is 5.11 Å². The molecule has 2 aromatic rings. The van der Waals surface area contributed by atoms with Crippen LogP contribution >= 0.6 is 0 Å². The first kappa shape index (κ1) is 14.1. The quantitative estimate of drug-likeness (QED) is 0.850. The van der Waals surface area contributed by atoms with Crippen LogP contribution in [-0.4, -0.2) is 24.2 Å². The summed E-state index contributed by atoms with van der Waals surface area (Å²) in [5.41, 5.74) is 0.931. The number of carbonyl (C=O) groups is 2. The van der Waals surface area contributed by atoms with Crippen molar-refractivity contribution in [3.8, 4) is 0 Å². The Morgan fingerprint density at radius 3 is 2.50 bits per heavy atom. The highest BCUT2D eigenvalue weighted by molar-refractivity contribution is 5.83. The molecule has 4 nitrogen and oxygen atoms in total. The maximum atomic E-state index is 11.6. The average molecular weight is 272 g/mol. The van der Waals surface area contributed by atoms with Gasteiger partial charge in [-0.15, -0.1) is 0 Å². The Morgan fingerprint density at radius 1 is 1.15 bits per heavy atom. The minimum Gasteiger partial charge on any atom is -0.481 e. The summed E-state index contributed by atoms with van der Waals surface area (Å²) < 4.78 is 4.67. The molecule has 0 saturated carbocycles. The Hall–Kier alpha value is -2.36. The van der Waals surface area contributed by atoms with Crippen LogP contribution in [0.2, 0.25) is 0 Å². The smallest absolute Gasteiger partial charge is 0.309 e. The van der Waals surface area contributed by atoms with E-state index in [2.05, 4.69) is 4.74 Å². The van der Waals surface area contributed by atoms with Crippen molar-refractivity contribution in [3.63, 3.8) is 0 Å². The lowest BCUT2D eigenvalue weighted by molar-refractivity contribution is -0.150. The molecule has 0 saturated heterocycles. The van der Waals surface area contributed by atoms with Gasteiger partial charge < -0.3 is 9.84 Å². The van der Waals surface area contributed by atoms with Crippen LogP contribution in [0.4, 0.5) is 0 Å². The lowest BCUT2D eigenvalue weighted by atomic mass is 9.95. The Labute approximate surface area is 117 Å². The maximum absolute atomic E-state index is 11.6. The molecule has 1 atom stereocenters. The van der Waals surface area contributed by atoms with Crippen molar-refractivity contribution in [1.29, 1.82) is 0 Å². The van der Waals surface area contributed by atoms with E-state index in [1.165, 1.54) is 7.11 Å². The first-order valence-electron chi connectivity index (χ1n) is 6.37. The van der Waals surface area contributed by atoms with Gasteiger partial charge in [-0.2, -0.15) is 0 Å². The van der Waals surface area contributed by atoms with E-state index in [0.717, 1.165) is 16.3 Å². The van der Waals surface area contributed by atoms with E-state index in [1.54, 1.807) is 0 Å². The number of hydrogen-bond donors (Lipinski definition) is 1. The fourth-order valence-corrected chi connectivity index (χ4v) is 2.27. The minimum absolute atomic E-state index is 0.223. The molecule has 2 aromatic carbocycles. The third-order valence-corrected chi connectivity index (χ3v) is 3.25. The van der Waals surface area contributed by atoms with Gasteiger partial charge in [0.05, 0.1) is 19.4 Å². The van der Waals surface area contributed by atoms with Crippen LogP contribution in [-0.2, 0) is 20.7 Å². The molecule has 0 aliphatic heterocycles. The number of aliphatic carboxylic acids is 1. The summed E-state index contributed by atoms with van der Waals surface area (Å²) in [4.78, 5) is 22.5. The molecular formula is C16H16O4. The molecule has 1 N–H and O–H groups in total. The van der Waals surface area contributed by atoms with Crippen molar-refractivity contribution in [1.82, 2.24) is 0 Å². The van der Waals surface area contributed by atoms with Crippen molar-refractivity contribution >= 4 is 22.7 Å². The molecule has 2 rings (SSSR count). The summed E-state index contributed by atoms with van der Waals surface area (Å²) in [5.74, 6) is -2.14. The fraction of sp³-hybridized carbons (Fsp3) is 0.250. The molecule has 0 unspecified atom stereocenters. The first-order valence-corrected chi connectivity index (χ1v) is 6.37. The number of rotatable bonds is 5. The summed E-state index contributed by atoms with van der Waals surface area (Å²) in [6.45, 7) is 0. The Morgan fingerprint density at radius 2 is 1.85 bits per heavy atom. The monoisotopic (exact) mass is 272 g/mol. The number of methoxy groups -OCH3 is 1. The van der Waals surface area contributed by atoms with Gasteiger partial charge in [0, 0.05) is 0 Å². The SMILES string of the molecule is COC(=O)[C@@H](CC(=O)O)Cc1ccc2ccccc2c1. The second kappa shape index (κ2) is 6.19. The fourth-order valence-electron chi connectivity index (χ4n) is 2.27. The van der Waals surface area contributed by atoms with E-state index < -0.39 is 17.9 Å². The zero-order valence-corrected chi connectivity index (χ0v) is 11.2. The minimum atomic E-state index is -0.999. The zero-order valence-electron chi connectivity index (χ0n) is 11.2. The van der Waals surface area contributed by atoms with Gasteiger partial charge in [0.2, 0.25) is 0 Å². The number of hydrogen-bond acceptors (Lipinski definition) is 3. The third-order valence-electron chi connectivity index (χ3n) is 3.25. The van der Waals surface area contributed by atoms with E-state index in [1.807, 2.05) is 42.5 Å². The molecule has 0 bridgehead atoms. The molecule has 20 heavy (non-hydrogen) atoms. The van der Waals surface area contributed by atoms with Crippen molar-refractivity contribution in [2.75, 3.05) is 7.11 Å². The normalized spacial score (nSPS) is 12.1. The highest BCUT2D eigenvalue weighted by Gasteiger charge is 2.22. The molecule has 0 aliphatic rings. The van der Waals surface area contributed by atoms with Crippen molar-refractivity contribution < 1.29 is 19.4 Å². The third kappa shape index (κ3) is 3.35. The largest absolute Gasteiger partial charge is 0.481 e. The highest BCUT2D eigenvalue weighted by atomic mass is 16.5. The highest BCUT2D eigenvalue weighted by Crippen LogP contribution is 2.20. The lowest BCUT2D eigenvalue weighted by Crippen LogP contribution is -2.22. The van der Waals surface area contributed by atoms with Gasteiger partial charge in [0.25, 0.3) is 0 Å². The van der Waals surface area contributed by atoms with Gasteiger partial charge >= 0.3 is 11.9 Å². The molecular weight excluding hydrogens is 256 g/mol. The number of esters is 1. The summed E-state index contributed by atoms with van der Waals surface area (Å²) in [6, 6.07) is 13.8. The second-order valence-corrected chi connectivity index (χ2v) is 4.70. The Balaban J connectivity index is 2.23. The predicted molar refractivity (Wildman–Crippen MR) is 75.4 cm³/mol. The van der Waals surface area contributed by atoms with Crippen LogP contribution in [0.5, 0.6) is 0 Å². The van der Waals surface area contributed by atoms with Gasteiger partial charge in [-0.3, -0.25) is 9.59 Å². The number of carbonyl (C=O) groups excluding carboxylic acids is 1. The number of benzene rings is 2. The van der Waals surface area contributed by atoms with Crippen LogP contribution in [0, 0.1) is 5.92 Å². The van der Waals surface area contributed by atoms with E-state index in [-0.39, 0.29) is 6.42 Å². The molecule has 104 valence electrons. The number of fused-ring (bicyclic) bond motifs is 1. The standard InChI is InChI=1S/C16H16O4/c1-20-16(19)14(10-15(17)18)9-11-6-7-12-4-2-3-5-13(12)8-11/h2-8,14H,9-10H2,1H3,(H,17,18)/t14-/m1/s1. The average Bonchev–Trinajstić information content (AvgIpc) is 2.45. The Bertz CT molecular complexity index is 633. The second-order valence-electron chi connectivity index (χ2n) is 4.70. The van der Waals surface area contributed by atoms with Crippen molar-refractivity contribution in [2.45, 2.75) is 12.8 Å². The Kier molecular flexibility index (Phi) is 4.35. The van der Waals surface area contributed by atoms with Gasteiger partial charge in [-0.1, -0.05) is 42.5 Å². The predicted octanol–water partition coefficient (Wildman–Crippen LogP) is 2.65. The van der Waals surface area contributed by atoms with Gasteiger partial charge in [-0.05, 0) is 22.8 Å². The zero-order chi connectivity index (χ0) is 14.5. The van der Waals surface area contributed by atoms with Gasteiger partial charge in [0.15, 0.2) is 0 Å². The van der Waals surface area contributed by atoms with E-state index >= 15 is 0 Å². The first-order chi connectivity index (χ1) is 9.60. The molecule has 0 aromatic heterocycles. The van der Waals surface area contributed by atoms with Crippen LogP contribution < -0.4 is 0 Å². The molecule has 0 amide bonds. The van der Waals surface area contributed by atoms with Crippen LogP contribution in [0.3, 0.4) is 0 Å². The van der Waals surface area contributed by atoms with E-state index in [9.17, 15) is 9.59 Å². The van der Waals surface area contributed by atoms with Crippen LogP contribution in [0.25, 0.3) is 10.8 Å². The molecule has 4 heteroatoms. The van der Waals surface area contributed by atoms with Gasteiger partial charge in [0.1, 0.15) is 0 Å². The summed E-state index contributed by atoms with van der Waals surface area (Å²) in [5, 5.41) is 11.1. The van der Waals surface area contributed by atoms with Crippen LogP contribution in [0.1, 0.15) is 12.0 Å². The summed E-state index contributed by atoms with van der Waals surface area (Å²) in [7, 11) is 1.28. The summed E-state index contributed by atoms with van der Waals surface area (Å²) >= 11 is 0. The number of ether oxygens (including phenoxy) is 1. The lowest BCUT2D eigenvalue weighted by Gasteiger charge is -2.13. The van der Waals surface area contributed by atoms with Crippen molar-refractivity contribution in [3.05, 3.63) is 48.0 Å². The topological polar surface area (TPSA) is 63.6 Å². The van der Waals surface area contributed by atoms with E-state index in [0.29, 0.717) is 6.42 Å². The molecule has 0 fully saturated rings. The van der Waals surface area contributed by atoms with Crippen LogP contribution in [0.15, 0.2) is 42.5 Å².